The van der Waals surface area contributed by atoms with Gasteiger partial charge in [0, 0.05) is 5.41 Å². The normalized spacial score (nSPS) is 49.4. The first kappa shape index (κ1) is 17.8. The van der Waals surface area contributed by atoms with Crippen LogP contribution < -0.4 is 11.7 Å². The molecule has 0 heterocycles. The molecule has 0 aromatic heterocycles. The quantitative estimate of drug-likeness (QED) is 0.382. The Labute approximate surface area is 156 Å². The first-order valence-electron chi connectivity index (χ1n) is 9.94. The van der Waals surface area contributed by atoms with Gasteiger partial charge in [-0.05, 0) is 80.3 Å². The van der Waals surface area contributed by atoms with Crippen molar-refractivity contribution in [3.05, 3.63) is 23.8 Å². The maximum Gasteiger partial charge on any atom is 0.110 e. The lowest BCUT2D eigenvalue weighted by molar-refractivity contribution is -0.0748. The molecule has 0 aromatic rings. The van der Waals surface area contributed by atoms with E-state index in [4.69, 9.17) is 11.7 Å². The molecule has 5 nitrogen and oxygen atoms in total. The van der Waals surface area contributed by atoms with E-state index in [-0.39, 0.29) is 10.8 Å². The van der Waals surface area contributed by atoms with Gasteiger partial charge in [-0.1, -0.05) is 26.0 Å². The summed E-state index contributed by atoms with van der Waals surface area (Å²) in [7, 11) is 0. The van der Waals surface area contributed by atoms with Gasteiger partial charge < -0.3 is 16.8 Å². The molecule has 0 amide bonds. The van der Waals surface area contributed by atoms with Gasteiger partial charge in [0.25, 0.3) is 0 Å². The Morgan fingerprint density at radius 3 is 2.58 bits per heavy atom. The molecule has 0 aliphatic heterocycles. The van der Waals surface area contributed by atoms with Gasteiger partial charge in [-0.3, -0.25) is 0 Å². The van der Waals surface area contributed by atoms with E-state index in [1.54, 1.807) is 0 Å². The largest absolute Gasteiger partial charge is 0.383 e. The first-order valence-corrected chi connectivity index (χ1v) is 9.94. The molecule has 0 radical (unpaired) electrons. The van der Waals surface area contributed by atoms with Gasteiger partial charge in [0.15, 0.2) is 0 Å². The Morgan fingerprint density at radius 2 is 1.88 bits per heavy atom. The summed E-state index contributed by atoms with van der Waals surface area (Å²) in [6, 6.07) is 0. The van der Waals surface area contributed by atoms with Crippen LogP contribution in [0.25, 0.3) is 0 Å². The van der Waals surface area contributed by atoms with Gasteiger partial charge in [0.2, 0.25) is 0 Å². The Hall–Kier alpha value is -1.62. The predicted molar refractivity (Wildman–Crippen MR) is 105 cm³/mol. The highest BCUT2D eigenvalue weighted by Gasteiger charge is 2.64. The first-order chi connectivity index (χ1) is 12.3. The van der Waals surface area contributed by atoms with E-state index in [9.17, 15) is 5.11 Å². The van der Waals surface area contributed by atoms with Gasteiger partial charge in [0.05, 0.1) is 11.4 Å². The van der Waals surface area contributed by atoms with Crippen LogP contribution in [0.2, 0.25) is 0 Å². The maximum atomic E-state index is 11.5. The molecular weight excluding hydrogens is 324 g/mol. The average molecular weight is 357 g/mol. The molecule has 6 atom stereocenters. The van der Waals surface area contributed by atoms with Crippen LogP contribution in [0.3, 0.4) is 0 Å². The van der Waals surface area contributed by atoms with Crippen molar-refractivity contribution >= 4 is 11.4 Å². The van der Waals surface area contributed by atoms with E-state index < -0.39 is 5.60 Å². The average Bonchev–Trinajstić information content (AvgIpc) is 2.92. The molecule has 142 valence electrons. The molecule has 0 spiro atoms. The molecule has 26 heavy (non-hydrogen) atoms. The highest BCUT2D eigenvalue weighted by Crippen LogP contribution is 2.66. The van der Waals surface area contributed by atoms with Crippen molar-refractivity contribution in [2.75, 3.05) is 0 Å². The van der Waals surface area contributed by atoms with E-state index in [0.717, 1.165) is 44.2 Å². The number of nitrogens with two attached hydrogens (primary N) is 2. The summed E-state index contributed by atoms with van der Waals surface area (Å²) in [5.74, 6) is 12.7. The third kappa shape index (κ3) is 2.07. The highest BCUT2D eigenvalue weighted by atomic mass is 16.3. The van der Waals surface area contributed by atoms with E-state index in [1.807, 2.05) is 6.92 Å². The van der Waals surface area contributed by atoms with Gasteiger partial charge in [-0.2, -0.15) is 10.2 Å². The number of hydrogen-bond acceptors (Lipinski definition) is 5. The minimum absolute atomic E-state index is 0.151. The van der Waals surface area contributed by atoms with Gasteiger partial charge in [-0.15, -0.1) is 0 Å². The SMILES string of the molecule is C/C(=N\N)[C@@]1(O)CC[C@@H]2[C@H]3C=CC4=C/C(=N\N)CC[C@]4(C)[C@@H]3CC[C@@]21C. The van der Waals surface area contributed by atoms with Crippen molar-refractivity contribution in [3.63, 3.8) is 0 Å². The Bertz CT molecular complexity index is 738. The van der Waals surface area contributed by atoms with E-state index in [1.165, 1.54) is 5.57 Å². The van der Waals surface area contributed by atoms with Gasteiger partial charge in [0.1, 0.15) is 5.60 Å². The molecular formula is C21H32N4O. The fraction of sp³-hybridized carbons (Fsp3) is 0.714. The summed E-state index contributed by atoms with van der Waals surface area (Å²) in [4.78, 5) is 0. The van der Waals surface area contributed by atoms with Crippen molar-refractivity contribution in [1.29, 1.82) is 0 Å². The second kappa shape index (κ2) is 5.69. The molecule has 5 heteroatoms. The molecule has 0 saturated heterocycles. The lowest BCUT2D eigenvalue weighted by Gasteiger charge is -2.57. The molecule has 0 aromatic carbocycles. The van der Waals surface area contributed by atoms with Crippen LogP contribution in [0.4, 0.5) is 0 Å². The summed E-state index contributed by atoms with van der Waals surface area (Å²) in [6.07, 6.45) is 12.9. The van der Waals surface area contributed by atoms with Crippen LogP contribution in [-0.4, -0.2) is 22.1 Å². The highest BCUT2D eigenvalue weighted by molar-refractivity contribution is 5.97. The second-order valence-corrected chi connectivity index (χ2v) is 9.36. The number of fused-ring (bicyclic) bond motifs is 5. The van der Waals surface area contributed by atoms with E-state index >= 15 is 0 Å². The summed E-state index contributed by atoms with van der Waals surface area (Å²) in [5, 5.41) is 19.3. The van der Waals surface area contributed by atoms with E-state index in [0.29, 0.717) is 23.5 Å². The topological polar surface area (TPSA) is 97.0 Å². The third-order valence-corrected chi connectivity index (χ3v) is 8.64. The zero-order valence-corrected chi connectivity index (χ0v) is 16.2. The second-order valence-electron chi connectivity index (χ2n) is 9.36. The fourth-order valence-electron chi connectivity index (χ4n) is 6.83. The Kier molecular flexibility index (Phi) is 3.89. The predicted octanol–water partition coefficient (Wildman–Crippen LogP) is 3.11. The maximum absolute atomic E-state index is 11.5. The minimum Gasteiger partial charge on any atom is -0.383 e. The number of hydrazone groups is 2. The number of nitrogens with zero attached hydrogens (tertiary/aromatic N) is 2. The molecule has 4 aliphatic carbocycles. The van der Waals surface area contributed by atoms with Crippen LogP contribution in [0.5, 0.6) is 0 Å². The summed E-state index contributed by atoms with van der Waals surface area (Å²) < 4.78 is 0. The van der Waals surface area contributed by atoms with Crippen molar-refractivity contribution in [2.45, 2.75) is 64.9 Å². The van der Waals surface area contributed by atoms with Crippen molar-refractivity contribution in [1.82, 2.24) is 0 Å². The van der Waals surface area contributed by atoms with Crippen LogP contribution in [0.1, 0.15) is 59.3 Å². The molecule has 2 fully saturated rings. The van der Waals surface area contributed by atoms with Crippen molar-refractivity contribution in [2.24, 2.45) is 50.5 Å². The molecule has 2 saturated carbocycles. The van der Waals surface area contributed by atoms with Crippen LogP contribution in [0, 0.1) is 28.6 Å². The summed E-state index contributed by atoms with van der Waals surface area (Å²) in [6.45, 7) is 6.56. The van der Waals surface area contributed by atoms with Crippen molar-refractivity contribution < 1.29 is 5.11 Å². The molecule has 0 unspecified atom stereocenters. The molecule has 0 bridgehead atoms. The third-order valence-electron chi connectivity index (χ3n) is 8.64. The Balaban J connectivity index is 1.74. The van der Waals surface area contributed by atoms with Gasteiger partial charge in [-0.25, -0.2) is 0 Å². The number of rotatable bonds is 1. The van der Waals surface area contributed by atoms with Crippen LogP contribution >= 0.6 is 0 Å². The zero-order valence-electron chi connectivity index (χ0n) is 16.2. The smallest absolute Gasteiger partial charge is 0.110 e. The lowest BCUT2D eigenvalue weighted by Crippen LogP contribution is -2.56. The summed E-state index contributed by atoms with van der Waals surface area (Å²) >= 11 is 0. The lowest BCUT2D eigenvalue weighted by atomic mass is 9.48. The van der Waals surface area contributed by atoms with E-state index in [2.05, 4.69) is 42.3 Å². The fourth-order valence-corrected chi connectivity index (χ4v) is 6.83. The van der Waals surface area contributed by atoms with Crippen LogP contribution in [-0.2, 0) is 0 Å². The number of aliphatic hydroxyl groups is 1. The standard InChI is InChI=1S/C21H32N4O/c1-13(24-22)21(26)11-8-18-16-5-4-14-12-15(25-23)6-9-19(14,2)17(16)7-10-20(18,21)3/h4-5,12,16-18,26H,6-11,22-23H2,1-3H3/b24-13+,25-15-/t16-,17+,18+,19-,20-,21-/m0/s1. The van der Waals surface area contributed by atoms with Crippen LogP contribution in [0.15, 0.2) is 34.0 Å². The van der Waals surface area contributed by atoms with Gasteiger partial charge >= 0.3 is 0 Å². The summed E-state index contributed by atoms with van der Waals surface area (Å²) in [5.41, 5.74) is 2.24. The molecule has 4 rings (SSSR count). The molecule has 4 aliphatic rings. The minimum atomic E-state index is -0.867. The Morgan fingerprint density at radius 1 is 1.15 bits per heavy atom. The number of hydrogen-bond donors (Lipinski definition) is 3. The monoisotopic (exact) mass is 356 g/mol. The van der Waals surface area contributed by atoms with Crippen molar-refractivity contribution in [3.8, 4) is 0 Å². The zero-order chi connectivity index (χ0) is 18.7. The number of allylic oxidation sites excluding steroid dienone is 4. The molecule has 5 N–H and O–H groups in total.